The Morgan fingerprint density at radius 1 is 1.36 bits per heavy atom. The van der Waals surface area contributed by atoms with Gasteiger partial charge < -0.3 is 15.5 Å². The van der Waals surface area contributed by atoms with E-state index in [0.29, 0.717) is 18.9 Å². The second kappa shape index (κ2) is 6.79. The van der Waals surface area contributed by atoms with E-state index in [1.165, 1.54) is 0 Å². The third-order valence-corrected chi connectivity index (χ3v) is 2.40. The first-order valence-electron chi connectivity index (χ1n) is 5.05. The molecule has 0 aromatic heterocycles. The van der Waals surface area contributed by atoms with Crippen molar-refractivity contribution in [1.82, 2.24) is 5.32 Å². The maximum absolute atomic E-state index is 11.4. The number of carbonyl (C=O) groups excluding carboxylic acids is 1. The normalized spacial score (nSPS) is 15.3. The third-order valence-electron chi connectivity index (χ3n) is 2.40. The Labute approximate surface area is 85.3 Å². The van der Waals surface area contributed by atoms with Crippen molar-refractivity contribution < 1.29 is 15.0 Å². The van der Waals surface area contributed by atoms with E-state index in [0.717, 1.165) is 0 Å². The molecule has 0 rings (SSSR count). The van der Waals surface area contributed by atoms with E-state index in [-0.39, 0.29) is 18.4 Å². The number of carbonyl (C=O) groups is 1. The van der Waals surface area contributed by atoms with E-state index >= 15 is 0 Å². The molecule has 0 aliphatic carbocycles. The molecule has 0 radical (unpaired) electrons. The molecule has 0 heterocycles. The molecule has 2 atom stereocenters. The van der Waals surface area contributed by atoms with Crippen molar-refractivity contribution in [3.8, 4) is 0 Å². The summed E-state index contributed by atoms with van der Waals surface area (Å²) in [6.45, 7) is 6.02. The van der Waals surface area contributed by atoms with Crippen LogP contribution in [0, 0.1) is 11.8 Å². The smallest absolute Gasteiger partial charge is 0.223 e. The first kappa shape index (κ1) is 13.4. The zero-order chi connectivity index (χ0) is 11.1. The van der Waals surface area contributed by atoms with Gasteiger partial charge in [-0.05, 0) is 12.3 Å². The standard InChI is InChI=1S/C10H21NO3/c1-7(2)8(3)10(14)11-5-4-9(13)6-12/h7-9,12-13H,4-6H2,1-3H3,(H,11,14). The molecular formula is C10H21NO3. The molecule has 84 valence electrons. The molecule has 0 saturated heterocycles. The van der Waals surface area contributed by atoms with Crippen LogP contribution in [-0.2, 0) is 4.79 Å². The fraction of sp³-hybridized carbons (Fsp3) is 0.900. The van der Waals surface area contributed by atoms with Crippen LogP contribution in [-0.4, -0.2) is 35.4 Å². The van der Waals surface area contributed by atoms with E-state index in [2.05, 4.69) is 5.32 Å². The predicted octanol–water partition coefficient (Wildman–Crippen LogP) is 0.138. The average Bonchev–Trinajstić information content (AvgIpc) is 2.15. The highest BCUT2D eigenvalue weighted by molar-refractivity contribution is 5.78. The molecule has 0 fully saturated rings. The van der Waals surface area contributed by atoms with Crippen molar-refractivity contribution in [2.75, 3.05) is 13.2 Å². The monoisotopic (exact) mass is 203 g/mol. The van der Waals surface area contributed by atoms with E-state index in [1.54, 1.807) is 0 Å². The molecule has 4 heteroatoms. The van der Waals surface area contributed by atoms with Gasteiger partial charge in [0.2, 0.25) is 5.91 Å². The Balaban J connectivity index is 3.64. The minimum Gasteiger partial charge on any atom is -0.394 e. The van der Waals surface area contributed by atoms with Crippen LogP contribution in [0.25, 0.3) is 0 Å². The van der Waals surface area contributed by atoms with E-state index < -0.39 is 6.10 Å². The van der Waals surface area contributed by atoms with Gasteiger partial charge in [-0.3, -0.25) is 4.79 Å². The Hall–Kier alpha value is -0.610. The first-order valence-corrected chi connectivity index (χ1v) is 5.05. The van der Waals surface area contributed by atoms with Gasteiger partial charge in [-0.25, -0.2) is 0 Å². The second-order valence-corrected chi connectivity index (χ2v) is 3.95. The molecule has 0 spiro atoms. The van der Waals surface area contributed by atoms with Crippen LogP contribution in [0.1, 0.15) is 27.2 Å². The van der Waals surface area contributed by atoms with Crippen LogP contribution < -0.4 is 5.32 Å². The molecule has 3 N–H and O–H groups in total. The Morgan fingerprint density at radius 2 is 1.93 bits per heavy atom. The predicted molar refractivity (Wildman–Crippen MR) is 54.7 cm³/mol. The summed E-state index contributed by atoms with van der Waals surface area (Å²) in [6, 6.07) is 0. The van der Waals surface area contributed by atoms with Gasteiger partial charge in [0.15, 0.2) is 0 Å². The van der Waals surface area contributed by atoms with Crippen LogP contribution in [0.3, 0.4) is 0 Å². The van der Waals surface area contributed by atoms with Crippen LogP contribution in [0.4, 0.5) is 0 Å². The molecule has 0 saturated carbocycles. The summed E-state index contributed by atoms with van der Waals surface area (Å²) in [5, 5.41) is 20.3. The number of aliphatic hydroxyl groups excluding tert-OH is 2. The zero-order valence-corrected chi connectivity index (χ0v) is 9.16. The Kier molecular flexibility index (Phi) is 6.49. The molecule has 14 heavy (non-hydrogen) atoms. The fourth-order valence-corrected chi connectivity index (χ4v) is 0.917. The molecular weight excluding hydrogens is 182 g/mol. The lowest BCUT2D eigenvalue weighted by atomic mass is 9.97. The van der Waals surface area contributed by atoms with Crippen molar-refractivity contribution in [3.05, 3.63) is 0 Å². The molecule has 4 nitrogen and oxygen atoms in total. The van der Waals surface area contributed by atoms with Crippen molar-refractivity contribution in [2.24, 2.45) is 11.8 Å². The molecule has 1 amide bonds. The van der Waals surface area contributed by atoms with Gasteiger partial charge in [-0.1, -0.05) is 20.8 Å². The number of nitrogens with one attached hydrogen (secondary N) is 1. The minimum atomic E-state index is -0.732. The van der Waals surface area contributed by atoms with Gasteiger partial charge in [-0.2, -0.15) is 0 Å². The number of rotatable bonds is 6. The summed E-state index contributed by atoms with van der Waals surface area (Å²) in [4.78, 5) is 11.4. The summed E-state index contributed by atoms with van der Waals surface area (Å²) in [7, 11) is 0. The number of hydrogen-bond acceptors (Lipinski definition) is 3. The average molecular weight is 203 g/mol. The fourth-order valence-electron chi connectivity index (χ4n) is 0.917. The summed E-state index contributed by atoms with van der Waals surface area (Å²) in [5.41, 5.74) is 0. The highest BCUT2D eigenvalue weighted by Gasteiger charge is 2.15. The second-order valence-electron chi connectivity index (χ2n) is 3.95. The third kappa shape index (κ3) is 5.19. The van der Waals surface area contributed by atoms with Gasteiger partial charge in [0.05, 0.1) is 12.7 Å². The van der Waals surface area contributed by atoms with Crippen LogP contribution in [0.15, 0.2) is 0 Å². The van der Waals surface area contributed by atoms with E-state index in [4.69, 9.17) is 10.2 Å². The lowest BCUT2D eigenvalue weighted by molar-refractivity contribution is -0.125. The van der Waals surface area contributed by atoms with Crippen LogP contribution >= 0.6 is 0 Å². The van der Waals surface area contributed by atoms with E-state index in [1.807, 2.05) is 20.8 Å². The van der Waals surface area contributed by atoms with Gasteiger partial charge in [0.1, 0.15) is 0 Å². The van der Waals surface area contributed by atoms with Gasteiger partial charge in [0.25, 0.3) is 0 Å². The van der Waals surface area contributed by atoms with Crippen molar-refractivity contribution in [3.63, 3.8) is 0 Å². The Morgan fingerprint density at radius 3 is 2.36 bits per heavy atom. The highest BCUT2D eigenvalue weighted by atomic mass is 16.3. The summed E-state index contributed by atoms with van der Waals surface area (Å²) in [5.74, 6) is 0.309. The summed E-state index contributed by atoms with van der Waals surface area (Å²) < 4.78 is 0. The molecule has 0 aromatic carbocycles. The first-order chi connectivity index (χ1) is 6.49. The number of hydrogen-bond donors (Lipinski definition) is 3. The number of aliphatic hydroxyl groups is 2. The Bertz CT molecular complexity index is 171. The SMILES string of the molecule is CC(C)C(C)C(=O)NCCC(O)CO. The molecule has 0 aliphatic rings. The summed E-state index contributed by atoms with van der Waals surface area (Å²) >= 11 is 0. The van der Waals surface area contributed by atoms with Gasteiger partial charge in [0, 0.05) is 12.5 Å². The molecule has 2 unspecified atom stereocenters. The van der Waals surface area contributed by atoms with Crippen molar-refractivity contribution in [1.29, 1.82) is 0 Å². The van der Waals surface area contributed by atoms with Gasteiger partial charge in [-0.15, -0.1) is 0 Å². The lowest BCUT2D eigenvalue weighted by Crippen LogP contribution is -2.34. The largest absolute Gasteiger partial charge is 0.394 e. The van der Waals surface area contributed by atoms with Crippen molar-refractivity contribution >= 4 is 5.91 Å². The zero-order valence-electron chi connectivity index (χ0n) is 9.16. The number of amides is 1. The maximum atomic E-state index is 11.4. The van der Waals surface area contributed by atoms with Crippen LogP contribution in [0.5, 0.6) is 0 Å². The van der Waals surface area contributed by atoms with E-state index in [9.17, 15) is 4.79 Å². The lowest BCUT2D eigenvalue weighted by Gasteiger charge is -2.15. The van der Waals surface area contributed by atoms with Crippen LogP contribution in [0.2, 0.25) is 0 Å². The molecule has 0 bridgehead atoms. The molecule has 0 aliphatic heterocycles. The maximum Gasteiger partial charge on any atom is 0.223 e. The quantitative estimate of drug-likeness (QED) is 0.575. The summed E-state index contributed by atoms with van der Waals surface area (Å²) in [6.07, 6.45) is -0.336. The van der Waals surface area contributed by atoms with Crippen molar-refractivity contribution in [2.45, 2.75) is 33.3 Å². The topological polar surface area (TPSA) is 69.6 Å². The minimum absolute atomic E-state index is 0.00476. The highest BCUT2D eigenvalue weighted by Crippen LogP contribution is 2.08. The van der Waals surface area contributed by atoms with Gasteiger partial charge >= 0.3 is 0 Å². The molecule has 0 aromatic rings.